The van der Waals surface area contributed by atoms with Crippen LogP contribution >= 0.6 is 0 Å². The topological polar surface area (TPSA) is 73.0 Å². The third kappa shape index (κ3) is 4.95. The molecule has 1 aliphatic heterocycles. The Labute approximate surface area is 173 Å². The molecule has 1 heterocycles. The number of carbonyl (C=O) groups is 1. The van der Waals surface area contributed by atoms with Crippen LogP contribution in [0.3, 0.4) is 0 Å². The molecular weight excluding hydrogens is 388 g/mol. The molecule has 0 bridgehead atoms. The van der Waals surface area contributed by atoms with Crippen molar-refractivity contribution in [2.45, 2.75) is 18.9 Å². The zero-order valence-electron chi connectivity index (χ0n) is 17.1. The summed E-state index contributed by atoms with van der Waals surface area (Å²) in [5, 5.41) is 2.92. The molecule has 1 fully saturated rings. The van der Waals surface area contributed by atoms with Crippen molar-refractivity contribution in [3.8, 4) is 11.1 Å². The van der Waals surface area contributed by atoms with Gasteiger partial charge in [0, 0.05) is 46.0 Å². The monoisotopic (exact) mass is 416 g/mol. The standard InChI is InChI=1S/C21H28N4O3S/c1-23(2)29(27,28)25-15-13-20(14-16-25)24(3)21(26)22-19-11-9-18(10-12-19)17-7-5-4-6-8-17/h4-12,20H,13-16H2,1-3H3,(H,22,26). The van der Waals surface area contributed by atoms with E-state index < -0.39 is 10.2 Å². The minimum atomic E-state index is -3.40. The maximum Gasteiger partial charge on any atom is 0.321 e. The summed E-state index contributed by atoms with van der Waals surface area (Å²) in [5.41, 5.74) is 2.95. The van der Waals surface area contributed by atoms with E-state index in [1.54, 1.807) is 11.9 Å². The maximum atomic E-state index is 12.6. The number of carbonyl (C=O) groups excluding carboxylic acids is 1. The van der Waals surface area contributed by atoms with Crippen LogP contribution in [0.25, 0.3) is 11.1 Å². The van der Waals surface area contributed by atoms with Crippen LogP contribution in [-0.2, 0) is 10.2 Å². The molecule has 0 atom stereocenters. The molecule has 2 aromatic rings. The fourth-order valence-electron chi connectivity index (χ4n) is 3.45. The number of nitrogens with one attached hydrogen (secondary N) is 1. The number of anilines is 1. The Morgan fingerprint density at radius 3 is 2.03 bits per heavy atom. The fraction of sp³-hybridized carbons (Fsp3) is 0.381. The number of hydrogen-bond acceptors (Lipinski definition) is 3. The number of piperidine rings is 1. The molecule has 0 radical (unpaired) electrons. The van der Waals surface area contributed by atoms with Gasteiger partial charge in [-0.25, -0.2) is 4.79 Å². The highest BCUT2D eigenvalue weighted by Gasteiger charge is 2.32. The summed E-state index contributed by atoms with van der Waals surface area (Å²) in [6.45, 7) is 0.823. The second-order valence-electron chi connectivity index (χ2n) is 7.40. The van der Waals surface area contributed by atoms with Gasteiger partial charge in [0.25, 0.3) is 10.2 Å². The first-order chi connectivity index (χ1) is 13.8. The third-order valence-corrected chi connectivity index (χ3v) is 7.26. The average molecular weight is 417 g/mol. The number of benzene rings is 2. The maximum absolute atomic E-state index is 12.6. The molecule has 156 valence electrons. The number of urea groups is 1. The van der Waals surface area contributed by atoms with Gasteiger partial charge in [0.2, 0.25) is 0 Å². The Bertz CT molecular complexity index is 922. The lowest BCUT2D eigenvalue weighted by Gasteiger charge is -2.36. The number of nitrogens with zero attached hydrogens (tertiary/aromatic N) is 3. The van der Waals surface area contributed by atoms with Crippen LogP contribution in [0.2, 0.25) is 0 Å². The molecule has 1 saturated heterocycles. The van der Waals surface area contributed by atoms with E-state index in [9.17, 15) is 13.2 Å². The first kappa shape index (κ1) is 21.3. The Balaban J connectivity index is 1.56. The average Bonchev–Trinajstić information content (AvgIpc) is 2.74. The van der Waals surface area contributed by atoms with Gasteiger partial charge in [-0.15, -0.1) is 0 Å². The van der Waals surface area contributed by atoms with Crippen LogP contribution in [0.15, 0.2) is 54.6 Å². The first-order valence-corrected chi connectivity index (χ1v) is 11.1. The largest absolute Gasteiger partial charge is 0.325 e. The van der Waals surface area contributed by atoms with E-state index in [1.807, 2.05) is 54.6 Å². The number of amides is 2. The van der Waals surface area contributed by atoms with Crippen LogP contribution in [-0.4, -0.2) is 68.2 Å². The zero-order valence-corrected chi connectivity index (χ0v) is 17.9. The summed E-state index contributed by atoms with van der Waals surface area (Å²) >= 11 is 0. The van der Waals surface area contributed by atoms with Gasteiger partial charge in [-0.3, -0.25) is 0 Å². The van der Waals surface area contributed by atoms with Crippen molar-refractivity contribution < 1.29 is 13.2 Å². The normalized spacial score (nSPS) is 16.0. The molecule has 1 aliphatic rings. The summed E-state index contributed by atoms with van der Waals surface area (Å²) in [5.74, 6) is 0. The van der Waals surface area contributed by atoms with E-state index in [2.05, 4.69) is 5.32 Å². The molecule has 0 spiro atoms. The lowest BCUT2D eigenvalue weighted by Crippen LogP contribution is -2.50. The van der Waals surface area contributed by atoms with Gasteiger partial charge in [0.15, 0.2) is 0 Å². The molecule has 7 nitrogen and oxygen atoms in total. The van der Waals surface area contributed by atoms with Gasteiger partial charge in [-0.1, -0.05) is 42.5 Å². The van der Waals surface area contributed by atoms with Gasteiger partial charge in [-0.05, 0) is 36.1 Å². The Morgan fingerprint density at radius 2 is 1.48 bits per heavy atom. The van der Waals surface area contributed by atoms with E-state index >= 15 is 0 Å². The first-order valence-electron chi connectivity index (χ1n) is 9.66. The van der Waals surface area contributed by atoms with Crippen molar-refractivity contribution in [1.82, 2.24) is 13.5 Å². The highest BCUT2D eigenvalue weighted by atomic mass is 32.2. The van der Waals surface area contributed by atoms with Gasteiger partial charge in [-0.2, -0.15) is 17.0 Å². The predicted octanol–water partition coefficient (Wildman–Crippen LogP) is 3.09. The Hall–Kier alpha value is -2.42. The number of hydrogen-bond donors (Lipinski definition) is 1. The highest BCUT2D eigenvalue weighted by molar-refractivity contribution is 7.86. The molecular formula is C21H28N4O3S. The molecule has 2 aromatic carbocycles. The molecule has 0 saturated carbocycles. The lowest BCUT2D eigenvalue weighted by molar-refractivity contribution is 0.172. The van der Waals surface area contributed by atoms with E-state index in [-0.39, 0.29) is 12.1 Å². The summed E-state index contributed by atoms with van der Waals surface area (Å²) < 4.78 is 27.1. The minimum Gasteiger partial charge on any atom is -0.325 e. The molecule has 29 heavy (non-hydrogen) atoms. The van der Waals surface area contributed by atoms with Gasteiger partial charge >= 0.3 is 6.03 Å². The minimum absolute atomic E-state index is 0.00667. The predicted molar refractivity (Wildman–Crippen MR) is 116 cm³/mol. The van der Waals surface area contributed by atoms with E-state index in [4.69, 9.17) is 0 Å². The van der Waals surface area contributed by atoms with Gasteiger partial charge in [0.05, 0.1) is 0 Å². The molecule has 0 aromatic heterocycles. The molecule has 1 N–H and O–H groups in total. The van der Waals surface area contributed by atoms with Crippen molar-refractivity contribution >= 4 is 21.9 Å². The van der Waals surface area contributed by atoms with Crippen molar-refractivity contribution in [2.24, 2.45) is 0 Å². The molecule has 2 amide bonds. The molecule has 0 aliphatic carbocycles. The van der Waals surface area contributed by atoms with E-state index in [1.165, 1.54) is 22.7 Å². The SMILES string of the molecule is CN(C(=O)Nc1ccc(-c2ccccc2)cc1)C1CCN(S(=O)(=O)N(C)C)CC1. The molecule has 0 unspecified atom stereocenters. The molecule has 8 heteroatoms. The third-order valence-electron chi connectivity index (χ3n) is 5.32. The lowest BCUT2D eigenvalue weighted by atomic mass is 10.1. The second kappa shape index (κ2) is 8.94. The summed E-state index contributed by atoms with van der Waals surface area (Å²) in [6.07, 6.45) is 1.23. The summed E-state index contributed by atoms with van der Waals surface area (Å²) in [7, 11) is 1.42. The summed E-state index contributed by atoms with van der Waals surface area (Å²) in [6, 6.07) is 17.6. The fourth-order valence-corrected chi connectivity index (χ4v) is 4.58. The van der Waals surface area contributed by atoms with E-state index in [0.717, 1.165) is 16.8 Å². The van der Waals surface area contributed by atoms with Crippen molar-refractivity contribution in [1.29, 1.82) is 0 Å². The summed E-state index contributed by atoms with van der Waals surface area (Å²) in [4.78, 5) is 14.3. The highest BCUT2D eigenvalue weighted by Crippen LogP contribution is 2.22. The quantitative estimate of drug-likeness (QED) is 0.814. The van der Waals surface area contributed by atoms with Crippen LogP contribution < -0.4 is 5.32 Å². The van der Waals surface area contributed by atoms with Crippen molar-refractivity contribution in [3.63, 3.8) is 0 Å². The smallest absolute Gasteiger partial charge is 0.321 e. The van der Waals surface area contributed by atoms with Crippen LogP contribution in [0.5, 0.6) is 0 Å². The second-order valence-corrected chi connectivity index (χ2v) is 9.55. The van der Waals surface area contributed by atoms with Crippen LogP contribution in [0, 0.1) is 0 Å². The van der Waals surface area contributed by atoms with E-state index in [0.29, 0.717) is 25.9 Å². The van der Waals surface area contributed by atoms with Gasteiger partial charge < -0.3 is 10.2 Å². The number of rotatable bonds is 5. The molecule has 3 rings (SSSR count). The Kier molecular flexibility index (Phi) is 6.56. The van der Waals surface area contributed by atoms with Crippen LogP contribution in [0.4, 0.5) is 10.5 Å². The van der Waals surface area contributed by atoms with Crippen molar-refractivity contribution in [3.05, 3.63) is 54.6 Å². The Morgan fingerprint density at radius 1 is 0.931 bits per heavy atom. The van der Waals surface area contributed by atoms with Crippen molar-refractivity contribution in [2.75, 3.05) is 39.5 Å². The zero-order chi connectivity index (χ0) is 21.0. The van der Waals surface area contributed by atoms with Gasteiger partial charge in [0.1, 0.15) is 0 Å². The van der Waals surface area contributed by atoms with Crippen LogP contribution in [0.1, 0.15) is 12.8 Å².